The number of hydrogen-bond acceptors (Lipinski definition) is 4. The molecule has 2 rings (SSSR count). The average molecular weight is 416 g/mol. The fraction of sp³-hybridized carbons (Fsp3) is 0.533. The summed E-state index contributed by atoms with van der Waals surface area (Å²) < 4.78 is 65.8. The molecule has 6 nitrogen and oxygen atoms in total. The maximum atomic E-state index is 13.0. The van der Waals surface area contributed by atoms with Gasteiger partial charge in [-0.15, -0.1) is 12.4 Å². The number of sulfonamides is 1. The molecule has 1 aromatic carbocycles. The van der Waals surface area contributed by atoms with Gasteiger partial charge in [-0.05, 0) is 31.9 Å². The first-order valence-electron chi connectivity index (χ1n) is 7.75. The Balaban J connectivity index is 0.00000338. The van der Waals surface area contributed by atoms with Crippen molar-refractivity contribution in [2.24, 2.45) is 5.73 Å². The first-order chi connectivity index (χ1) is 11.5. The third kappa shape index (κ3) is 5.32. The summed E-state index contributed by atoms with van der Waals surface area (Å²) in [5.41, 5.74) is 4.48. The Hall–Kier alpha value is -1.36. The summed E-state index contributed by atoms with van der Waals surface area (Å²) in [6.07, 6.45) is -3.62. The van der Waals surface area contributed by atoms with Crippen LogP contribution in [0.25, 0.3) is 0 Å². The van der Waals surface area contributed by atoms with E-state index < -0.39 is 38.6 Å². The molecule has 1 unspecified atom stereocenters. The average Bonchev–Trinajstić information content (AvgIpc) is 2.53. The van der Waals surface area contributed by atoms with Crippen molar-refractivity contribution in [3.8, 4) is 0 Å². The zero-order chi connectivity index (χ0) is 18.8. The van der Waals surface area contributed by atoms with Crippen LogP contribution >= 0.6 is 12.4 Å². The minimum absolute atomic E-state index is 0. The minimum atomic E-state index is -4.82. The molecule has 1 amide bonds. The van der Waals surface area contributed by atoms with Crippen LogP contribution in [-0.2, 0) is 21.0 Å². The molecule has 1 aliphatic rings. The molecule has 0 aliphatic carbocycles. The van der Waals surface area contributed by atoms with Crippen LogP contribution in [0.2, 0.25) is 0 Å². The van der Waals surface area contributed by atoms with Crippen LogP contribution in [0.5, 0.6) is 0 Å². The van der Waals surface area contributed by atoms with E-state index in [0.717, 1.165) is 12.1 Å². The summed E-state index contributed by atoms with van der Waals surface area (Å²) in [4.78, 5) is 12.9. The molecular formula is C15H21ClF3N3O3S. The minimum Gasteiger partial charge on any atom is -0.341 e. The molecule has 0 spiro atoms. The number of nitrogens with one attached hydrogen (secondary N) is 1. The number of likely N-dealkylation sites (tertiary alicyclic amines) is 1. The maximum Gasteiger partial charge on any atom is 0.417 e. The van der Waals surface area contributed by atoms with Gasteiger partial charge in [-0.25, -0.2) is 8.42 Å². The van der Waals surface area contributed by atoms with Crippen molar-refractivity contribution in [3.05, 3.63) is 29.8 Å². The number of benzene rings is 1. The Morgan fingerprint density at radius 2 is 1.81 bits per heavy atom. The van der Waals surface area contributed by atoms with E-state index in [2.05, 4.69) is 0 Å². The molecule has 0 radical (unpaired) electrons. The number of nitrogens with zero attached hydrogens (tertiary/aromatic N) is 1. The Labute approximate surface area is 156 Å². The number of halogens is 4. The quantitative estimate of drug-likeness (QED) is 0.783. The van der Waals surface area contributed by atoms with Gasteiger partial charge in [-0.3, -0.25) is 4.79 Å². The summed E-state index contributed by atoms with van der Waals surface area (Å²) in [6, 6.07) is 2.67. The molecule has 0 bridgehead atoms. The predicted molar refractivity (Wildman–Crippen MR) is 92.3 cm³/mol. The van der Waals surface area contributed by atoms with Crippen molar-refractivity contribution in [2.75, 3.05) is 13.1 Å². The van der Waals surface area contributed by atoms with E-state index in [1.807, 2.05) is 4.72 Å². The monoisotopic (exact) mass is 415 g/mol. The number of hydrogen-bond donors (Lipinski definition) is 2. The molecular weight excluding hydrogens is 395 g/mol. The molecule has 1 aromatic rings. The van der Waals surface area contributed by atoms with E-state index in [1.54, 1.807) is 0 Å². The molecule has 1 heterocycles. The Bertz CT molecular complexity index is 735. The first kappa shape index (κ1) is 22.7. The molecule has 3 N–H and O–H groups in total. The van der Waals surface area contributed by atoms with Crippen molar-refractivity contribution in [3.63, 3.8) is 0 Å². The summed E-state index contributed by atoms with van der Waals surface area (Å²) in [5, 5.41) is 0. The van der Waals surface area contributed by atoms with Crippen molar-refractivity contribution < 1.29 is 26.4 Å². The maximum absolute atomic E-state index is 13.0. The van der Waals surface area contributed by atoms with Gasteiger partial charge in [0, 0.05) is 19.1 Å². The summed E-state index contributed by atoms with van der Waals surface area (Å²) in [7, 11) is -4.51. The summed E-state index contributed by atoms with van der Waals surface area (Å²) in [6.45, 7) is 2.10. The van der Waals surface area contributed by atoms with Crippen LogP contribution in [0.3, 0.4) is 0 Å². The molecule has 0 saturated carbocycles. The van der Waals surface area contributed by atoms with E-state index in [0.29, 0.717) is 32.0 Å². The van der Waals surface area contributed by atoms with E-state index in [4.69, 9.17) is 5.73 Å². The van der Waals surface area contributed by atoms with Crippen LogP contribution in [-0.4, -0.2) is 44.4 Å². The lowest BCUT2D eigenvalue weighted by atomic mass is 10.1. The van der Waals surface area contributed by atoms with Gasteiger partial charge in [0.1, 0.15) is 0 Å². The highest BCUT2D eigenvalue weighted by Gasteiger charge is 2.38. The standard InChI is InChI=1S/C15H20F3N3O3S.ClH/c1-10(14(22)21-8-6-11(19)7-9-21)20-25(23,24)13-5-3-2-4-12(13)15(16,17)18;/h2-5,10-11,20H,6-9,19H2,1H3;1H. The number of piperidine rings is 1. The number of carbonyl (C=O) groups excluding carboxylic acids is 1. The van der Waals surface area contributed by atoms with Crippen LogP contribution in [0.4, 0.5) is 13.2 Å². The van der Waals surface area contributed by atoms with E-state index in [-0.39, 0.29) is 18.4 Å². The predicted octanol–water partition coefficient (Wildman–Crippen LogP) is 1.74. The lowest BCUT2D eigenvalue weighted by Gasteiger charge is -2.32. The Morgan fingerprint density at radius 1 is 1.27 bits per heavy atom. The molecule has 1 saturated heterocycles. The first-order valence-corrected chi connectivity index (χ1v) is 9.23. The van der Waals surface area contributed by atoms with Crippen molar-refractivity contribution in [1.29, 1.82) is 0 Å². The molecule has 1 aliphatic heterocycles. The highest BCUT2D eigenvalue weighted by Crippen LogP contribution is 2.33. The summed E-state index contributed by atoms with van der Waals surface area (Å²) >= 11 is 0. The molecule has 11 heteroatoms. The van der Waals surface area contributed by atoms with Crippen LogP contribution in [0.1, 0.15) is 25.3 Å². The zero-order valence-electron chi connectivity index (χ0n) is 14.0. The second-order valence-electron chi connectivity index (χ2n) is 6.00. The number of amides is 1. The van der Waals surface area contributed by atoms with Crippen LogP contribution in [0.15, 0.2) is 29.2 Å². The van der Waals surface area contributed by atoms with Crippen molar-refractivity contribution in [2.45, 2.75) is 42.9 Å². The fourth-order valence-corrected chi connectivity index (χ4v) is 4.10. The largest absolute Gasteiger partial charge is 0.417 e. The summed E-state index contributed by atoms with van der Waals surface area (Å²) in [5.74, 6) is -0.486. The molecule has 1 atom stereocenters. The van der Waals surface area contributed by atoms with Gasteiger partial charge in [-0.1, -0.05) is 12.1 Å². The van der Waals surface area contributed by atoms with Crippen LogP contribution in [0, 0.1) is 0 Å². The number of carbonyl (C=O) groups is 1. The third-order valence-electron chi connectivity index (χ3n) is 4.04. The van der Waals surface area contributed by atoms with E-state index >= 15 is 0 Å². The van der Waals surface area contributed by atoms with Gasteiger partial charge in [0.25, 0.3) is 0 Å². The molecule has 1 fully saturated rings. The SMILES string of the molecule is CC(NS(=O)(=O)c1ccccc1C(F)(F)F)C(=O)N1CCC(N)CC1.Cl. The van der Waals surface area contributed by atoms with Gasteiger partial charge < -0.3 is 10.6 Å². The van der Waals surface area contributed by atoms with Gasteiger partial charge in [0.2, 0.25) is 15.9 Å². The van der Waals surface area contributed by atoms with E-state index in [1.165, 1.54) is 17.9 Å². The van der Waals surface area contributed by atoms with Gasteiger partial charge >= 0.3 is 6.18 Å². The topological polar surface area (TPSA) is 92.5 Å². The Kier molecular flexibility index (Phi) is 7.46. The number of alkyl halides is 3. The molecule has 148 valence electrons. The van der Waals surface area contributed by atoms with Gasteiger partial charge in [0.15, 0.2) is 0 Å². The van der Waals surface area contributed by atoms with E-state index in [9.17, 15) is 26.4 Å². The normalized spacial score (nSPS) is 17.5. The molecule has 0 aromatic heterocycles. The second kappa shape index (κ2) is 8.55. The van der Waals surface area contributed by atoms with Crippen LogP contribution < -0.4 is 10.5 Å². The third-order valence-corrected chi connectivity index (χ3v) is 5.63. The van der Waals surface area contributed by atoms with Gasteiger partial charge in [0.05, 0.1) is 16.5 Å². The molecule has 26 heavy (non-hydrogen) atoms. The Morgan fingerprint density at radius 3 is 2.35 bits per heavy atom. The second-order valence-corrected chi connectivity index (χ2v) is 7.68. The van der Waals surface area contributed by atoms with Gasteiger partial charge in [-0.2, -0.15) is 17.9 Å². The fourth-order valence-electron chi connectivity index (χ4n) is 2.68. The number of rotatable bonds is 4. The lowest BCUT2D eigenvalue weighted by molar-refractivity contribution is -0.139. The van der Waals surface area contributed by atoms with Crippen molar-refractivity contribution in [1.82, 2.24) is 9.62 Å². The smallest absolute Gasteiger partial charge is 0.341 e. The zero-order valence-corrected chi connectivity index (χ0v) is 15.6. The van der Waals surface area contributed by atoms with Crippen molar-refractivity contribution >= 4 is 28.3 Å². The highest BCUT2D eigenvalue weighted by molar-refractivity contribution is 7.89. The lowest BCUT2D eigenvalue weighted by Crippen LogP contribution is -2.51. The highest BCUT2D eigenvalue weighted by atomic mass is 35.5. The number of nitrogens with two attached hydrogens (primary N) is 1.